The zero-order chi connectivity index (χ0) is 3.58. The van der Waals surface area contributed by atoms with Crippen LogP contribution in [0.25, 0.3) is 0 Å². The van der Waals surface area contributed by atoms with Gasteiger partial charge in [0.15, 0.2) is 0 Å². The van der Waals surface area contributed by atoms with Crippen molar-refractivity contribution >= 4 is 6.03 Å². The second kappa shape index (κ2) is 0.711. The van der Waals surface area contributed by atoms with Crippen molar-refractivity contribution in [3.8, 4) is 0 Å². The van der Waals surface area contributed by atoms with Crippen molar-refractivity contribution in [2.45, 2.75) is 0 Å². The molecule has 0 fully saturated rings. The molecule has 24 valence electrons. The molecule has 4 heavy (non-hydrogen) atoms. The molecule has 0 radical (unpaired) electrons. The molecule has 0 unspecified atom stereocenters. The molecule has 0 aromatic carbocycles. The maximum Gasteiger partial charge on any atom is 0.309 e. The second-order valence-electron chi connectivity index (χ2n) is 0.402. The standard InChI is InChI=1S/CH4N2O/c2-1(3)4/h(H4,2,3,4)/i1+0. The fourth-order valence-corrected chi connectivity index (χ4v) is 0. The number of rotatable bonds is 0. The van der Waals surface area contributed by atoms with Crippen LogP contribution in [0.4, 0.5) is 4.79 Å². The molecule has 3 nitrogen and oxygen atoms in total. The van der Waals surface area contributed by atoms with Crippen molar-refractivity contribution < 1.29 is 4.79 Å². The van der Waals surface area contributed by atoms with Crippen molar-refractivity contribution in [3.63, 3.8) is 0 Å². The Morgan fingerprint density at radius 1 is 1.50 bits per heavy atom. The van der Waals surface area contributed by atoms with Crippen molar-refractivity contribution in [3.05, 3.63) is 0 Å². The fourth-order valence-electron chi connectivity index (χ4n) is 0. The topological polar surface area (TPSA) is 69.1 Å². The number of hydrogen-bond donors (Lipinski definition) is 2. The smallest absolute Gasteiger partial charge is 0.309 e. The molecule has 0 heterocycles. The Balaban J connectivity index is 2.80. The monoisotopic (exact) mass is 60.0 g/mol. The summed E-state index contributed by atoms with van der Waals surface area (Å²) in [6.07, 6.45) is 0. The van der Waals surface area contributed by atoms with E-state index < -0.39 is 6.03 Å². The molecule has 0 bridgehead atoms. The first-order valence-corrected chi connectivity index (χ1v) is 0.781. The molecule has 4 N–H and O–H groups in total. The van der Waals surface area contributed by atoms with Crippen LogP contribution in [0, 0.1) is 0 Å². The molecule has 3 heteroatoms. The average molecular weight is 60.0 g/mol. The summed E-state index contributed by atoms with van der Waals surface area (Å²) in [5.41, 5.74) is 8.50. The molecule has 0 spiro atoms. The molecular formula is CH4N2O. The summed E-state index contributed by atoms with van der Waals surface area (Å²) in [7, 11) is 0. The Labute approximate surface area is 23.6 Å². The van der Waals surface area contributed by atoms with Crippen LogP contribution < -0.4 is 11.5 Å². The van der Waals surface area contributed by atoms with Gasteiger partial charge in [0.05, 0.1) is 0 Å². The van der Waals surface area contributed by atoms with Gasteiger partial charge in [0.25, 0.3) is 0 Å². The van der Waals surface area contributed by atoms with Gasteiger partial charge in [-0.2, -0.15) is 0 Å². The summed E-state index contributed by atoms with van der Waals surface area (Å²) in [6.45, 7) is 0. The largest absolute Gasteiger partial charge is 0.352 e. The molecule has 0 aliphatic carbocycles. The van der Waals surface area contributed by atoms with E-state index >= 15 is 0 Å². The van der Waals surface area contributed by atoms with Gasteiger partial charge in [0, 0.05) is 0 Å². The normalized spacial score (nSPS) is 6.00. The lowest BCUT2D eigenvalue weighted by Gasteiger charge is -1.62. The van der Waals surface area contributed by atoms with Crippen LogP contribution in [0.1, 0.15) is 0 Å². The number of carbonyl (C=O) groups excluding carboxylic acids is 1. The van der Waals surface area contributed by atoms with Gasteiger partial charge in [0.1, 0.15) is 0 Å². The van der Waals surface area contributed by atoms with E-state index in [1.807, 2.05) is 0 Å². The van der Waals surface area contributed by atoms with E-state index in [0.717, 1.165) is 0 Å². The van der Waals surface area contributed by atoms with Gasteiger partial charge >= 0.3 is 6.03 Å². The first-order chi connectivity index (χ1) is 1.73. The van der Waals surface area contributed by atoms with Crippen LogP contribution in [0.5, 0.6) is 0 Å². The fraction of sp³-hybridized carbons (Fsp3) is 0. The third-order valence-corrected chi connectivity index (χ3v) is 0. The Morgan fingerprint density at radius 2 is 1.50 bits per heavy atom. The average Bonchev–Trinajstić information content (AvgIpc) is 0.811. The number of carbonyl (C=O) groups is 1. The highest BCUT2D eigenvalue weighted by molar-refractivity contribution is 5.69. The van der Waals surface area contributed by atoms with E-state index in [-0.39, 0.29) is 0 Å². The van der Waals surface area contributed by atoms with E-state index in [0.29, 0.717) is 0 Å². The van der Waals surface area contributed by atoms with E-state index in [9.17, 15) is 0 Å². The summed E-state index contributed by atoms with van der Waals surface area (Å²) in [5.74, 6) is 0. The molecule has 0 atom stereocenters. The minimum atomic E-state index is -0.833. The van der Waals surface area contributed by atoms with Gasteiger partial charge in [-0.05, 0) is 0 Å². The molecule has 0 aromatic rings. The van der Waals surface area contributed by atoms with Crippen molar-refractivity contribution in [1.29, 1.82) is 0 Å². The van der Waals surface area contributed by atoms with Gasteiger partial charge in [-0.1, -0.05) is 0 Å². The number of hydrogen-bond acceptors (Lipinski definition) is 1. The SMILES string of the molecule is N[12C](N)=O. The number of amides is 2. The summed E-state index contributed by atoms with van der Waals surface area (Å²) >= 11 is 0. The Kier molecular flexibility index (Phi) is 0.581. The Morgan fingerprint density at radius 3 is 1.50 bits per heavy atom. The lowest BCUT2D eigenvalue weighted by atomic mass is 11.2. The Bertz CT molecular complexity index is 29.0. The highest BCUT2D eigenvalue weighted by atomic mass is 16.2. The van der Waals surface area contributed by atoms with Crippen LogP contribution in [-0.4, -0.2) is 6.03 Å². The molecular weight excluding hydrogens is 56.0 g/mol. The molecule has 0 aliphatic rings. The summed E-state index contributed by atoms with van der Waals surface area (Å²) in [4.78, 5) is 9.00. The van der Waals surface area contributed by atoms with Crippen LogP contribution in [0.15, 0.2) is 0 Å². The van der Waals surface area contributed by atoms with Crippen molar-refractivity contribution in [2.75, 3.05) is 0 Å². The van der Waals surface area contributed by atoms with E-state index in [4.69, 9.17) is 4.79 Å². The van der Waals surface area contributed by atoms with Crippen LogP contribution >= 0.6 is 0 Å². The third-order valence-electron chi connectivity index (χ3n) is 0. The molecule has 0 aromatic heterocycles. The van der Waals surface area contributed by atoms with Gasteiger partial charge in [-0.15, -0.1) is 0 Å². The number of nitrogens with two attached hydrogens (primary N) is 2. The summed E-state index contributed by atoms with van der Waals surface area (Å²) in [5, 5.41) is 0. The lowest BCUT2D eigenvalue weighted by molar-refractivity contribution is 0.256. The van der Waals surface area contributed by atoms with Crippen LogP contribution in [0.2, 0.25) is 0 Å². The number of urea groups is 1. The van der Waals surface area contributed by atoms with Crippen molar-refractivity contribution in [2.24, 2.45) is 11.5 Å². The minimum absolute atomic E-state index is 0.833. The zero-order valence-electron chi connectivity index (χ0n) is 2.06. The molecule has 0 saturated carbocycles. The van der Waals surface area contributed by atoms with E-state index in [1.54, 1.807) is 0 Å². The molecule has 0 rings (SSSR count). The minimum Gasteiger partial charge on any atom is -0.352 e. The molecule has 0 aliphatic heterocycles. The first kappa shape index (κ1) is 3.27. The summed E-state index contributed by atoms with van der Waals surface area (Å²) < 4.78 is 0. The third kappa shape index (κ3) is 0.174. The van der Waals surface area contributed by atoms with Gasteiger partial charge in [0.2, 0.25) is 0 Å². The first-order valence-electron chi connectivity index (χ1n) is 0.781. The summed E-state index contributed by atoms with van der Waals surface area (Å²) in [6, 6.07) is -0.833. The second-order valence-corrected chi connectivity index (χ2v) is 0.402. The van der Waals surface area contributed by atoms with Crippen LogP contribution in [0.3, 0.4) is 0 Å². The maximum absolute atomic E-state index is 9.00. The Hall–Kier alpha value is -0.730. The van der Waals surface area contributed by atoms with E-state index in [1.165, 1.54) is 0 Å². The predicted molar refractivity (Wildman–Crippen MR) is 13.8 cm³/mol. The van der Waals surface area contributed by atoms with E-state index in [2.05, 4.69) is 11.5 Å². The van der Waals surface area contributed by atoms with Crippen molar-refractivity contribution in [1.82, 2.24) is 0 Å². The van der Waals surface area contributed by atoms with Crippen LogP contribution in [-0.2, 0) is 0 Å². The van der Waals surface area contributed by atoms with Gasteiger partial charge in [-0.25, -0.2) is 4.79 Å². The molecule has 2 amide bonds. The van der Waals surface area contributed by atoms with Gasteiger partial charge in [-0.3, -0.25) is 0 Å². The molecule has 0 saturated heterocycles. The zero-order valence-corrected chi connectivity index (χ0v) is 2.06. The van der Waals surface area contributed by atoms with Gasteiger partial charge < -0.3 is 11.5 Å². The predicted octanol–water partition coefficient (Wildman–Crippen LogP) is -0.976. The highest BCUT2D eigenvalue weighted by Crippen LogP contribution is 1.25. The quantitative estimate of drug-likeness (QED) is 0.370. The maximum atomic E-state index is 9.00. The number of primary amides is 2. The highest BCUT2D eigenvalue weighted by Gasteiger charge is 1.60. The lowest BCUT2D eigenvalue weighted by Crippen LogP contribution is -2.18.